The van der Waals surface area contributed by atoms with E-state index in [9.17, 15) is 5.11 Å². The van der Waals surface area contributed by atoms with E-state index in [2.05, 4.69) is 6.92 Å². The van der Waals surface area contributed by atoms with E-state index in [-0.39, 0.29) is 12.2 Å². The summed E-state index contributed by atoms with van der Waals surface area (Å²) >= 11 is 0. The monoisotopic (exact) mass is 214 g/mol. The van der Waals surface area contributed by atoms with Gasteiger partial charge < -0.3 is 9.84 Å². The van der Waals surface area contributed by atoms with Gasteiger partial charge in [0.15, 0.2) is 0 Å². The molecule has 1 rings (SSSR count). The molecule has 1 aliphatic rings. The third-order valence-electron chi connectivity index (χ3n) is 3.64. The maximum absolute atomic E-state index is 9.89. The first-order valence-electron chi connectivity index (χ1n) is 6.43. The minimum atomic E-state index is -0.106. The van der Waals surface area contributed by atoms with Crippen molar-refractivity contribution in [2.45, 2.75) is 70.5 Å². The topological polar surface area (TPSA) is 29.5 Å². The number of hydrogen-bond acceptors (Lipinski definition) is 2. The van der Waals surface area contributed by atoms with Crippen LogP contribution < -0.4 is 0 Å². The highest BCUT2D eigenvalue weighted by Crippen LogP contribution is 2.28. The van der Waals surface area contributed by atoms with Gasteiger partial charge in [0.2, 0.25) is 0 Å². The molecule has 0 bridgehead atoms. The largest absolute Gasteiger partial charge is 0.393 e. The van der Waals surface area contributed by atoms with Crippen molar-refractivity contribution in [2.75, 3.05) is 7.11 Å². The van der Waals surface area contributed by atoms with Gasteiger partial charge in [-0.05, 0) is 32.1 Å². The lowest BCUT2D eigenvalue weighted by Crippen LogP contribution is -2.18. The molecule has 90 valence electrons. The van der Waals surface area contributed by atoms with Gasteiger partial charge in [-0.25, -0.2) is 0 Å². The fraction of sp³-hybridized carbons (Fsp3) is 1.00. The lowest BCUT2D eigenvalue weighted by molar-refractivity contribution is 0.0731. The lowest BCUT2D eigenvalue weighted by atomic mass is 9.84. The van der Waals surface area contributed by atoms with E-state index in [1.165, 1.54) is 32.1 Å². The molecule has 2 nitrogen and oxygen atoms in total. The standard InChI is InChI=1S/C13H26O2/c1-11(15-2)8-9-13(14)10-12-6-4-3-5-7-12/h11-14H,3-10H2,1-2H3. The molecule has 2 heteroatoms. The molecule has 0 radical (unpaired) electrons. The summed E-state index contributed by atoms with van der Waals surface area (Å²) in [6.45, 7) is 2.06. The van der Waals surface area contributed by atoms with Crippen LogP contribution in [0.3, 0.4) is 0 Å². The Hall–Kier alpha value is -0.0800. The van der Waals surface area contributed by atoms with Gasteiger partial charge in [-0.1, -0.05) is 32.1 Å². The van der Waals surface area contributed by atoms with Gasteiger partial charge in [0.1, 0.15) is 0 Å². The van der Waals surface area contributed by atoms with Crippen LogP contribution in [0.2, 0.25) is 0 Å². The van der Waals surface area contributed by atoms with E-state index in [1.807, 2.05) is 0 Å². The van der Waals surface area contributed by atoms with Gasteiger partial charge in [-0.15, -0.1) is 0 Å². The van der Waals surface area contributed by atoms with Gasteiger partial charge in [-0.2, -0.15) is 0 Å². The van der Waals surface area contributed by atoms with Crippen LogP contribution in [-0.2, 0) is 4.74 Å². The van der Waals surface area contributed by atoms with Gasteiger partial charge in [0, 0.05) is 7.11 Å². The smallest absolute Gasteiger partial charge is 0.0544 e. The van der Waals surface area contributed by atoms with Crippen molar-refractivity contribution < 1.29 is 9.84 Å². The zero-order chi connectivity index (χ0) is 11.1. The van der Waals surface area contributed by atoms with Crippen molar-refractivity contribution in [2.24, 2.45) is 5.92 Å². The van der Waals surface area contributed by atoms with Crippen LogP contribution in [0.15, 0.2) is 0 Å². The summed E-state index contributed by atoms with van der Waals surface area (Å²) in [7, 11) is 1.73. The van der Waals surface area contributed by atoms with Crippen LogP contribution in [0, 0.1) is 5.92 Å². The van der Waals surface area contributed by atoms with E-state index in [0.717, 1.165) is 25.2 Å². The highest BCUT2D eigenvalue weighted by atomic mass is 16.5. The molecule has 2 unspecified atom stereocenters. The fourth-order valence-electron chi connectivity index (χ4n) is 2.47. The molecule has 0 aromatic rings. The Morgan fingerprint density at radius 2 is 1.87 bits per heavy atom. The Labute approximate surface area is 94.0 Å². The van der Waals surface area contributed by atoms with Crippen LogP contribution in [0.4, 0.5) is 0 Å². The quantitative estimate of drug-likeness (QED) is 0.736. The summed E-state index contributed by atoms with van der Waals surface area (Å²) in [5, 5.41) is 9.89. The SMILES string of the molecule is COC(C)CCC(O)CC1CCCCC1. The van der Waals surface area contributed by atoms with Crippen molar-refractivity contribution in [3.63, 3.8) is 0 Å². The number of ether oxygens (including phenoxy) is 1. The summed E-state index contributed by atoms with van der Waals surface area (Å²) in [6.07, 6.45) is 9.85. The number of rotatable bonds is 6. The molecule has 0 amide bonds. The highest BCUT2D eigenvalue weighted by Gasteiger charge is 2.17. The molecule has 0 aromatic carbocycles. The molecule has 0 heterocycles. The molecule has 1 N–H and O–H groups in total. The summed E-state index contributed by atoms with van der Waals surface area (Å²) in [4.78, 5) is 0. The van der Waals surface area contributed by atoms with Crippen LogP contribution in [0.1, 0.15) is 58.3 Å². The Kier molecular flexibility index (Phi) is 6.26. The molecule has 15 heavy (non-hydrogen) atoms. The minimum Gasteiger partial charge on any atom is -0.393 e. The summed E-state index contributed by atoms with van der Waals surface area (Å²) in [5.41, 5.74) is 0. The average molecular weight is 214 g/mol. The van der Waals surface area contributed by atoms with E-state index in [1.54, 1.807) is 7.11 Å². The second kappa shape index (κ2) is 7.24. The normalized spacial score (nSPS) is 22.6. The maximum Gasteiger partial charge on any atom is 0.0544 e. The highest BCUT2D eigenvalue weighted by molar-refractivity contribution is 4.70. The number of methoxy groups -OCH3 is 1. The Bertz CT molecular complexity index is 153. The van der Waals surface area contributed by atoms with Gasteiger partial charge in [0.05, 0.1) is 12.2 Å². The lowest BCUT2D eigenvalue weighted by Gasteiger charge is -2.24. The second-order valence-corrected chi connectivity index (χ2v) is 5.02. The molecular formula is C13H26O2. The molecule has 0 spiro atoms. The molecular weight excluding hydrogens is 188 g/mol. The first-order valence-corrected chi connectivity index (χ1v) is 6.43. The third kappa shape index (κ3) is 5.53. The minimum absolute atomic E-state index is 0.106. The van der Waals surface area contributed by atoms with Gasteiger partial charge in [0.25, 0.3) is 0 Å². The van der Waals surface area contributed by atoms with Crippen molar-refractivity contribution in [3.05, 3.63) is 0 Å². The first-order chi connectivity index (χ1) is 7.22. The van der Waals surface area contributed by atoms with E-state index < -0.39 is 0 Å². The second-order valence-electron chi connectivity index (χ2n) is 5.02. The number of hydrogen-bond donors (Lipinski definition) is 1. The van der Waals surface area contributed by atoms with Crippen molar-refractivity contribution in [3.8, 4) is 0 Å². The average Bonchev–Trinajstić information content (AvgIpc) is 2.27. The van der Waals surface area contributed by atoms with Crippen molar-refractivity contribution in [1.82, 2.24) is 0 Å². The Morgan fingerprint density at radius 1 is 1.20 bits per heavy atom. The van der Waals surface area contributed by atoms with Crippen LogP contribution in [0.25, 0.3) is 0 Å². The Balaban J connectivity index is 2.08. The van der Waals surface area contributed by atoms with Gasteiger partial charge >= 0.3 is 0 Å². The predicted molar refractivity (Wildman–Crippen MR) is 62.9 cm³/mol. The van der Waals surface area contributed by atoms with Crippen molar-refractivity contribution >= 4 is 0 Å². The van der Waals surface area contributed by atoms with Crippen molar-refractivity contribution in [1.29, 1.82) is 0 Å². The van der Waals surface area contributed by atoms with E-state index in [0.29, 0.717) is 0 Å². The number of aliphatic hydroxyl groups is 1. The molecule has 2 atom stereocenters. The van der Waals surface area contributed by atoms with Crippen LogP contribution in [-0.4, -0.2) is 24.4 Å². The van der Waals surface area contributed by atoms with Gasteiger partial charge in [-0.3, -0.25) is 0 Å². The van der Waals surface area contributed by atoms with E-state index >= 15 is 0 Å². The maximum atomic E-state index is 9.89. The third-order valence-corrected chi connectivity index (χ3v) is 3.64. The Morgan fingerprint density at radius 3 is 2.47 bits per heavy atom. The predicted octanol–water partition coefficient (Wildman–Crippen LogP) is 3.13. The van der Waals surface area contributed by atoms with Crippen LogP contribution in [0.5, 0.6) is 0 Å². The molecule has 1 aliphatic carbocycles. The van der Waals surface area contributed by atoms with Crippen LogP contribution >= 0.6 is 0 Å². The summed E-state index contributed by atoms with van der Waals surface area (Å²) < 4.78 is 5.18. The molecule has 0 aromatic heterocycles. The summed E-state index contributed by atoms with van der Waals surface area (Å²) in [6, 6.07) is 0. The summed E-state index contributed by atoms with van der Waals surface area (Å²) in [5.74, 6) is 0.784. The first kappa shape index (κ1) is 13.0. The molecule has 1 saturated carbocycles. The zero-order valence-electron chi connectivity index (χ0n) is 10.2. The van der Waals surface area contributed by atoms with E-state index in [4.69, 9.17) is 4.74 Å². The molecule has 0 aliphatic heterocycles. The fourth-order valence-corrected chi connectivity index (χ4v) is 2.47. The number of aliphatic hydroxyl groups excluding tert-OH is 1. The molecule has 0 saturated heterocycles. The molecule has 1 fully saturated rings. The zero-order valence-corrected chi connectivity index (χ0v) is 10.2.